The van der Waals surface area contributed by atoms with Crippen LogP contribution >= 0.6 is 22.7 Å². The number of piperidine rings is 1. The van der Waals surface area contributed by atoms with Crippen LogP contribution in [0.4, 0.5) is 11.5 Å². The zero-order valence-corrected chi connectivity index (χ0v) is 19.2. The third-order valence-electron chi connectivity index (χ3n) is 6.08. The van der Waals surface area contributed by atoms with Crippen LogP contribution in [-0.2, 0) is 4.79 Å². The van der Waals surface area contributed by atoms with Crippen LogP contribution < -0.4 is 10.2 Å². The van der Waals surface area contributed by atoms with E-state index in [-0.39, 0.29) is 11.8 Å². The molecule has 0 atom stereocenters. The molecular formula is C24H24N4OS2. The number of aryl methyl sites for hydroxylation is 2. The van der Waals surface area contributed by atoms with Crippen molar-refractivity contribution in [1.82, 2.24) is 9.97 Å². The summed E-state index contributed by atoms with van der Waals surface area (Å²) in [6, 6.07) is 12.2. The molecule has 4 heterocycles. The third-order valence-corrected chi connectivity index (χ3v) is 8.10. The van der Waals surface area contributed by atoms with Gasteiger partial charge in [0.15, 0.2) is 0 Å². The first-order valence-corrected chi connectivity index (χ1v) is 12.2. The maximum absolute atomic E-state index is 13.1. The Kier molecular flexibility index (Phi) is 5.46. The molecule has 1 aliphatic rings. The van der Waals surface area contributed by atoms with Crippen molar-refractivity contribution in [1.29, 1.82) is 0 Å². The molecular weight excluding hydrogens is 424 g/mol. The summed E-state index contributed by atoms with van der Waals surface area (Å²) in [5.41, 5.74) is 3.23. The molecule has 1 amide bonds. The molecule has 1 N–H and O–H groups in total. The largest absolute Gasteiger partial charge is 0.356 e. The lowest BCUT2D eigenvalue weighted by Crippen LogP contribution is -2.38. The number of carbonyl (C=O) groups excluding carboxylic acids is 1. The van der Waals surface area contributed by atoms with Gasteiger partial charge in [-0.15, -0.1) is 22.7 Å². The van der Waals surface area contributed by atoms with Crippen molar-refractivity contribution >= 4 is 50.3 Å². The second kappa shape index (κ2) is 8.40. The van der Waals surface area contributed by atoms with E-state index in [2.05, 4.69) is 51.5 Å². The van der Waals surface area contributed by atoms with Crippen LogP contribution in [0.1, 0.15) is 23.3 Å². The Balaban J connectivity index is 1.29. The van der Waals surface area contributed by atoms with Gasteiger partial charge < -0.3 is 10.2 Å². The average Bonchev–Trinajstić information content (AvgIpc) is 3.43. The van der Waals surface area contributed by atoms with Gasteiger partial charge in [-0.05, 0) is 49.8 Å². The third kappa shape index (κ3) is 3.83. The highest BCUT2D eigenvalue weighted by atomic mass is 32.1. The summed E-state index contributed by atoms with van der Waals surface area (Å²) < 4.78 is 0. The quantitative estimate of drug-likeness (QED) is 0.423. The molecule has 3 aromatic heterocycles. The molecule has 7 heteroatoms. The van der Waals surface area contributed by atoms with Crippen LogP contribution in [0.15, 0.2) is 48.1 Å². The first kappa shape index (κ1) is 20.2. The second-order valence-electron chi connectivity index (χ2n) is 7.93. The molecule has 5 rings (SSSR count). The van der Waals surface area contributed by atoms with Crippen molar-refractivity contribution in [2.75, 3.05) is 23.3 Å². The van der Waals surface area contributed by atoms with E-state index in [1.165, 1.54) is 15.3 Å². The summed E-state index contributed by atoms with van der Waals surface area (Å²) in [6.45, 7) is 5.93. The van der Waals surface area contributed by atoms with E-state index in [9.17, 15) is 4.79 Å². The Bertz CT molecular complexity index is 1220. The lowest BCUT2D eigenvalue weighted by Gasteiger charge is -2.32. The normalized spacial score (nSPS) is 14.8. The van der Waals surface area contributed by atoms with E-state index in [4.69, 9.17) is 0 Å². The Labute approximate surface area is 189 Å². The molecule has 0 saturated carbocycles. The minimum atomic E-state index is 0.00952. The topological polar surface area (TPSA) is 58.1 Å². The number of rotatable bonds is 4. The van der Waals surface area contributed by atoms with Crippen molar-refractivity contribution in [2.24, 2.45) is 5.92 Å². The number of carbonyl (C=O) groups is 1. The van der Waals surface area contributed by atoms with Gasteiger partial charge in [-0.2, -0.15) is 0 Å². The predicted molar refractivity (Wildman–Crippen MR) is 130 cm³/mol. The molecule has 4 aromatic rings. The lowest BCUT2D eigenvalue weighted by atomic mass is 9.95. The maximum Gasteiger partial charge on any atom is 0.227 e. The van der Waals surface area contributed by atoms with E-state index in [1.807, 2.05) is 24.3 Å². The first-order valence-electron chi connectivity index (χ1n) is 10.5. The summed E-state index contributed by atoms with van der Waals surface area (Å²) in [6.07, 6.45) is 3.30. The summed E-state index contributed by atoms with van der Waals surface area (Å²) in [7, 11) is 0. The first-order chi connectivity index (χ1) is 15.1. The number of nitrogens with one attached hydrogen (secondary N) is 1. The summed E-state index contributed by atoms with van der Waals surface area (Å²) >= 11 is 3.41. The number of hydrogen-bond donors (Lipinski definition) is 1. The van der Waals surface area contributed by atoms with Gasteiger partial charge >= 0.3 is 0 Å². The Morgan fingerprint density at radius 1 is 1.10 bits per heavy atom. The van der Waals surface area contributed by atoms with Crippen LogP contribution in [0.3, 0.4) is 0 Å². The Morgan fingerprint density at radius 2 is 1.90 bits per heavy atom. The van der Waals surface area contributed by atoms with E-state index in [0.29, 0.717) is 0 Å². The molecule has 0 bridgehead atoms. The fraction of sp³-hybridized carbons (Fsp3) is 0.292. The van der Waals surface area contributed by atoms with Crippen LogP contribution in [0, 0.1) is 19.8 Å². The number of anilines is 2. The lowest BCUT2D eigenvalue weighted by molar-refractivity contribution is -0.120. The van der Waals surface area contributed by atoms with Gasteiger partial charge in [0.1, 0.15) is 17.0 Å². The van der Waals surface area contributed by atoms with Gasteiger partial charge in [-0.1, -0.05) is 24.3 Å². The molecule has 0 radical (unpaired) electrons. The minimum absolute atomic E-state index is 0.00952. The Morgan fingerprint density at radius 3 is 2.68 bits per heavy atom. The van der Waals surface area contributed by atoms with Crippen LogP contribution in [0.2, 0.25) is 0 Å². The fourth-order valence-electron chi connectivity index (χ4n) is 4.23. The monoisotopic (exact) mass is 448 g/mol. The zero-order valence-electron chi connectivity index (χ0n) is 17.6. The summed E-state index contributed by atoms with van der Waals surface area (Å²) in [4.78, 5) is 27.9. The number of nitrogens with zero attached hydrogens (tertiary/aromatic N) is 3. The predicted octanol–water partition coefficient (Wildman–Crippen LogP) is 5.89. The molecule has 0 spiro atoms. The minimum Gasteiger partial charge on any atom is -0.356 e. The number of fused-ring (bicyclic) bond motifs is 1. The molecule has 1 aliphatic heterocycles. The Hall–Kier alpha value is -2.77. The van der Waals surface area contributed by atoms with E-state index < -0.39 is 0 Å². The summed E-state index contributed by atoms with van der Waals surface area (Å²) in [5, 5.41) is 6.42. The van der Waals surface area contributed by atoms with Crippen molar-refractivity contribution in [3.63, 3.8) is 0 Å². The van der Waals surface area contributed by atoms with E-state index >= 15 is 0 Å². The van der Waals surface area contributed by atoms with E-state index in [1.54, 1.807) is 29.0 Å². The molecule has 158 valence electrons. The van der Waals surface area contributed by atoms with Gasteiger partial charge in [0.2, 0.25) is 5.91 Å². The fourth-order valence-corrected chi connectivity index (χ4v) is 5.99. The SMILES string of the molecule is Cc1sc2ncnc(N3CCC(C(=O)Nc4ccccc4-c4cccs4)CC3)c2c1C. The van der Waals surface area contributed by atoms with Gasteiger partial charge in [0.05, 0.1) is 5.39 Å². The van der Waals surface area contributed by atoms with Crippen molar-refractivity contribution in [3.05, 3.63) is 58.5 Å². The highest BCUT2D eigenvalue weighted by Crippen LogP contribution is 2.36. The van der Waals surface area contributed by atoms with Crippen molar-refractivity contribution in [2.45, 2.75) is 26.7 Å². The maximum atomic E-state index is 13.1. The summed E-state index contributed by atoms with van der Waals surface area (Å²) in [5.74, 6) is 1.13. The second-order valence-corrected chi connectivity index (χ2v) is 10.1. The standard InChI is InChI=1S/C24H24N4OS2/c1-15-16(2)31-24-21(15)22(25-14-26-24)28-11-9-17(10-12-28)23(29)27-19-7-4-3-6-18(19)20-8-5-13-30-20/h3-8,13-14,17H,9-12H2,1-2H3,(H,27,29). The van der Waals surface area contributed by atoms with E-state index in [0.717, 1.165) is 53.2 Å². The van der Waals surface area contributed by atoms with Gasteiger partial charge in [-0.25, -0.2) is 9.97 Å². The number of aromatic nitrogens is 2. The number of amides is 1. The molecule has 0 aliphatic carbocycles. The molecule has 1 saturated heterocycles. The molecule has 1 fully saturated rings. The molecule has 0 unspecified atom stereocenters. The van der Waals surface area contributed by atoms with Crippen LogP contribution in [0.5, 0.6) is 0 Å². The highest BCUT2D eigenvalue weighted by molar-refractivity contribution is 7.18. The number of para-hydroxylation sites is 1. The average molecular weight is 449 g/mol. The number of hydrogen-bond acceptors (Lipinski definition) is 6. The van der Waals surface area contributed by atoms with Gasteiger partial charge in [0, 0.05) is 40.0 Å². The highest BCUT2D eigenvalue weighted by Gasteiger charge is 2.28. The van der Waals surface area contributed by atoms with Crippen molar-refractivity contribution < 1.29 is 4.79 Å². The van der Waals surface area contributed by atoms with Crippen molar-refractivity contribution in [3.8, 4) is 10.4 Å². The smallest absolute Gasteiger partial charge is 0.227 e. The molecule has 31 heavy (non-hydrogen) atoms. The zero-order chi connectivity index (χ0) is 21.4. The van der Waals surface area contributed by atoms with Gasteiger partial charge in [0.25, 0.3) is 0 Å². The van der Waals surface area contributed by atoms with Crippen LogP contribution in [-0.4, -0.2) is 29.0 Å². The van der Waals surface area contributed by atoms with Crippen LogP contribution in [0.25, 0.3) is 20.7 Å². The number of benzene rings is 1. The molecule has 1 aromatic carbocycles. The van der Waals surface area contributed by atoms with Gasteiger partial charge in [-0.3, -0.25) is 4.79 Å². The molecule has 5 nitrogen and oxygen atoms in total. The number of thiophene rings is 2.